The van der Waals surface area contributed by atoms with Crippen molar-refractivity contribution >= 4 is 12.3 Å². The average Bonchev–Trinajstić information content (AvgIpc) is 3.06. The Labute approximate surface area is 131 Å². The molecule has 1 aliphatic heterocycles. The number of aromatic nitrogens is 2. The average molecular weight is 303 g/mol. The van der Waals surface area contributed by atoms with E-state index in [2.05, 4.69) is 28.8 Å². The van der Waals surface area contributed by atoms with Crippen LogP contribution in [0.4, 0.5) is 4.79 Å². The van der Waals surface area contributed by atoms with Gasteiger partial charge in [-0.15, -0.1) is 0 Å². The summed E-state index contributed by atoms with van der Waals surface area (Å²) in [6.07, 6.45) is 6.16. The zero-order valence-electron chi connectivity index (χ0n) is 13.8. The van der Waals surface area contributed by atoms with E-state index in [1.54, 1.807) is 0 Å². The largest absolute Gasteiger partial charge is 0.444 e. The first kappa shape index (κ1) is 15.1. The lowest BCUT2D eigenvalue weighted by Gasteiger charge is -2.21. The Bertz CT molecular complexity index is 598. The number of alkyl carbamates (subject to hydrolysis) is 1. The predicted molar refractivity (Wildman–Crippen MR) is 85.5 cm³/mol. The summed E-state index contributed by atoms with van der Waals surface area (Å²) in [7, 11) is 0. The van der Waals surface area contributed by atoms with Crippen LogP contribution in [0.1, 0.15) is 50.9 Å². The molecule has 5 nitrogen and oxygen atoms in total. The van der Waals surface area contributed by atoms with Crippen molar-refractivity contribution in [1.82, 2.24) is 15.1 Å². The fourth-order valence-corrected chi connectivity index (χ4v) is 3.28. The lowest BCUT2D eigenvalue weighted by Crippen LogP contribution is -2.33. The molecule has 1 fully saturated rings. The lowest BCUT2D eigenvalue weighted by molar-refractivity contribution is 0.0524. The van der Waals surface area contributed by atoms with Crippen molar-refractivity contribution in [3.05, 3.63) is 23.5 Å². The number of carbonyl (C=O) groups excluding carboxylic acids is 1. The molecule has 1 saturated carbocycles. The van der Waals surface area contributed by atoms with Crippen LogP contribution in [0.2, 0.25) is 0 Å². The molecule has 1 aliphatic carbocycles. The molecule has 5 heteroatoms. The summed E-state index contributed by atoms with van der Waals surface area (Å²) in [5.74, 6) is 1.71. The Hall–Kier alpha value is -1.78. The molecule has 0 spiro atoms. The number of carbonyl (C=O) groups is 1. The topological polar surface area (TPSA) is 56.2 Å². The maximum absolute atomic E-state index is 11.7. The van der Waals surface area contributed by atoms with Crippen LogP contribution in [0, 0.1) is 18.8 Å². The molecule has 2 aliphatic rings. The first-order valence-corrected chi connectivity index (χ1v) is 8.03. The first-order valence-electron chi connectivity index (χ1n) is 8.03. The van der Waals surface area contributed by atoms with Crippen LogP contribution < -0.4 is 5.32 Å². The van der Waals surface area contributed by atoms with Crippen LogP contribution >= 0.6 is 0 Å². The van der Waals surface area contributed by atoms with Crippen molar-refractivity contribution in [3.8, 4) is 0 Å². The van der Waals surface area contributed by atoms with Crippen LogP contribution in [0.5, 0.6) is 0 Å². The molecule has 1 aromatic heterocycles. The van der Waals surface area contributed by atoms with Gasteiger partial charge >= 0.3 is 6.09 Å². The van der Waals surface area contributed by atoms with E-state index in [0.717, 1.165) is 12.1 Å². The van der Waals surface area contributed by atoms with E-state index < -0.39 is 5.60 Å². The highest BCUT2D eigenvalue weighted by Crippen LogP contribution is 2.50. The molecule has 0 bridgehead atoms. The van der Waals surface area contributed by atoms with Gasteiger partial charge in [0.1, 0.15) is 5.60 Å². The van der Waals surface area contributed by atoms with E-state index in [9.17, 15) is 4.79 Å². The number of ether oxygens (including phenoxy) is 1. The van der Waals surface area contributed by atoms with E-state index in [1.165, 1.54) is 12.1 Å². The van der Waals surface area contributed by atoms with Crippen molar-refractivity contribution < 1.29 is 9.53 Å². The van der Waals surface area contributed by atoms with Gasteiger partial charge in [0.2, 0.25) is 0 Å². The zero-order valence-corrected chi connectivity index (χ0v) is 13.8. The van der Waals surface area contributed by atoms with Gasteiger partial charge in [-0.2, -0.15) is 5.10 Å². The Morgan fingerprint density at radius 2 is 2.27 bits per heavy atom. The summed E-state index contributed by atoms with van der Waals surface area (Å²) < 4.78 is 7.28. The molecule has 0 saturated heterocycles. The number of allylic oxidation sites excluding steroid dienone is 1. The number of fused-ring (bicyclic) bond motifs is 1. The SMILES string of the molecule is Cc1cc2n(n1)C=CCC2[C@@H]1C[C@H]1CNC(=O)OC(C)(C)C. The number of rotatable bonds is 3. The molecule has 1 amide bonds. The van der Waals surface area contributed by atoms with Gasteiger partial charge in [-0.3, -0.25) is 0 Å². The minimum atomic E-state index is -0.439. The maximum Gasteiger partial charge on any atom is 0.407 e. The molecule has 1 aromatic rings. The second kappa shape index (κ2) is 5.45. The summed E-state index contributed by atoms with van der Waals surface area (Å²) in [6, 6.07) is 2.19. The second-order valence-corrected chi connectivity index (χ2v) is 7.42. The Morgan fingerprint density at radius 1 is 1.50 bits per heavy atom. The monoisotopic (exact) mass is 303 g/mol. The molecule has 1 unspecified atom stereocenters. The molecular formula is C17H25N3O2. The third kappa shape index (κ3) is 3.34. The van der Waals surface area contributed by atoms with Gasteiger partial charge in [0.05, 0.1) is 5.69 Å². The molecule has 0 radical (unpaired) electrons. The number of amides is 1. The molecule has 1 N–H and O–H groups in total. The number of hydrogen-bond donors (Lipinski definition) is 1. The van der Waals surface area contributed by atoms with Gasteiger partial charge in [0.25, 0.3) is 0 Å². The molecule has 2 heterocycles. The molecule has 3 atom stereocenters. The Balaban J connectivity index is 1.53. The van der Waals surface area contributed by atoms with E-state index >= 15 is 0 Å². The fourth-order valence-electron chi connectivity index (χ4n) is 3.28. The van der Waals surface area contributed by atoms with Gasteiger partial charge in [-0.1, -0.05) is 6.08 Å². The summed E-state index contributed by atoms with van der Waals surface area (Å²) >= 11 is 0. The summed E-state index contributed by atoms with van der Waals surface area (Å²) in [6.45, 7) is 8.37. The molecule has 22 heavy (non-hydrogen) atoms. The summed E-state index contributed by atoms with van der Waals surface area (Å²) in [5, 5.41) is 7.39. The Kier molecular flexibility index (Phi) is 3.75. The number of hydrogen-bond acceptors (Lipinski definition) is 3. The van der Waals surface area contributed by atoms with Gasteiger partial charge in [-0.05, 0) is 58.4 Å². The molecular weight excluding hydrogens is 278 g/mol. The number of nitrogens with zero attached hydrogens (tertiary/aromatic N) is 2. The quantitative estimate of drug-likeness (QED) is 0.932. The van der Waals surface area contributed by atoms with Crippen molar-refractivity contribution in [1.29, 1.82) is 0 Å². The second-order valence-electron chi connectivity index (χ2n) is 7.42. The number of nitrogens with one attached hydrogen (secondary N) is 1. The molecule has 120 valence electrons. The maximum atomic E-state index is 11.7. The highest BCUT2D eigenvalue weighted by Gasteiger charge is 2.44. The van der Waals surface area contributed by atoms with Crippen LogP contribution in [-0.2, 0) is 4.74 Å². The van der Waals surface area contributed by atoms with Gasteiger partial charge in [-0.25, -0.2) is 9.48 Å². The van der Waals surface area contributed by atoms with Crippen molar-refractivity contribution in [2.24, 2.45) is 11.8 Å². The van der Waals surface area contributed by atoms with Crippen molar-refractivity contribution in [3.63, 3.8) is 0 Å². The van der Waals surface area contributed by atoms with Crippen LogP contribution in [0.3, 0.4) is 0 Å². The minimum absolute atomic E-state index is 0.317. The zero-order chi connectivity index (χ0) is 15.9. The van der Waals surface area contributed by atoms with E-state index in [0.29, 0.717) is 24.3 Å². The summed E-state index contributed by atoms with van der Waals surface area (Å²) in [4.78, 5) is 11.7. The highest BCUT2D eigenvalue weighted by atomic mass is 16.6. The minimum Gasteiger partial charge on any atom is -0.444 e. The van der Waals surface area contributed by atoms with Gasteiger partial charge in [0.15, 0.2) is 0 Å². The molecule has 0 aromatic carbocycles. The van der Waals surface area contributed by atoms with E-state index in [1.807, 2.05) is 32.4 Å². The standard InChI is InChI=1S/C17H25N3O2/c1-11-8-15-13(6-5-7-20(15)19-11)14-9-12(14)10-18-16(21)22-17(2,3)4/h5,7-8,12-14H,6,9-10H2,1-4H3,(H,18,21)/t12-,13?,14+/m0/s1. The normalized spacial score (nSPS) is 26.5. The third-order valence-corrected chi connectivity index (χ3v) is 4.30. The van der Waals surface area contributed by atoms with Crippen LogP contribution in [0.25, 0.3) is 6.20 Å². The van der Waals surface area contributed by atoms with E-state index in [-0.39, 0.29) is 6.09 Å². The summed E-state index contributed by atoms with van der Waals surface area (Å²) in [5.41, 5.74) is 1.94. The highest BCUT2D eigenvalue weighted by molar-refractivity contribution is 5.67. The predicted octanol–water partition coefficient (Wildman–Crippen LogP) is 3.31. The smallest absolute Gasteiger partial charge is 0.407 e. The lowest BCUT2D eigenvalue weighted by atomic mass is 9.92. The van der Waals surface area contributed by atoms with Gasteiger partial charge < -0.3 is 10.1 Å². The third-order valence-electron chi connectivity index (χ3n) is 4.30. The van der Waals surface area contributed by atoms with Crippen LogP contribution in [0.15, 0.2) is 12.1 Å². The van der Waals surface area contributed by atoms with Crippen LogP contribution in [-0.4, -0.2) is 28.0 Å². The molecule has 3 rings (SSSR count). The Morgan fingerprint density at radius 3 is 3.00 bits per heavy atom. The fraction of sp³-hybridized carbons (Fsp3) is 0.647. The van der Waals surface area contributed by atoms with Crippen molar-refractivity contribution in [2.45, 2.75) is 52.1 Å². The first-order chi connectivity index (χ1) is 10.3. The van der Waals surface area contributed by atoms with E-state index in [4.69, 9.17) is 4.74 Å². The van der Waals surface area contributed by atoms with Gasteiger partial charge in [0, 0.05) is 24.4 Å². The van der Waals surface area contributed by atoms with Crippen molar-refractivity contribution in [2.75, 3.05) is 6.54 Å². The number of aryl methyl sites for hydroxylation is 1.